The molecule has 5 heteroatoms. The quantitative estimate of drug-likeness (QED) is 0.780. The SMILES string of the molecule is CCOCc1noc(C2CCC(=O)CC2)n1. The highest BCUT2D eigenvalue weighted by Crippen LogP contribution is 2.29. The summed E-state index contributed by atoms with van der Waals surface area (Å²) in [5, 5.41) is 3.85. The smallest absolute Gasteiger partial charge is 0.229 e. The van der Waals surface area contributed by atoms with Gasteiger partial charge in [-0.1, -0.05) is 5.16 Å². The molecule has 1 fully saturated rings. The zero-order valence-corrected chi connectivity index (χ0v) is 9.44. The Labute approximate surface area is 94.2 Å². The maximum Gasteiger partial charge on any atom is 0.229 e. The molecule has 0 unspecified atom stereocenters. The molecular formula is C11H16N2O3. The van der Waals surface area contributed by atoms with Crippen LogP contribution >= 0.6 is 0 Å². The van der Waals surface area contributed by atoms with Gasteiger partial charge >= 0.3 is 0 Å². The highest BCUT2D eigenvalue weighted by molar-refractivity contribution is 5.79. The van der Waals surface area contributed by atoms with Gasteiger partial charge < -0.3 is 9.26 Å². The minimum absolute atomic E-state index is 0.251. The molecule has 0 aromatic carbocycles. The van der Waals surface area contributed by atoms with Crippen molar-refractivity contribution in [1.82, 2.24) is 10.1 Å². The summed E-state index contributed by atoms with van der Waals surface area (Å²) in [6.45, 7) is 2.96. The van der Waals surface area contributed by atoms with Gasteiger partial charge in [0.2, 0.25) is 5.89 Å². The van der Waals surface area contributed by atoms with Gasteiger partial charge in [0.25, 0.3) is 0 Å². The molecule has 0 atom stereocenters. The first-order valence-corrected chi connectivity index (χ1v) is 5.71. The van der Waals surface area contributed by atoms with E-state index in [2.05, 4.69) is 10.1 Å². The van der Waals surface area contributed by atoms with E-state index in [0.717, 1.165) is 12.8 Å². The van der Waals surface area contributed by atoms with Crippen LogP contribution in [0.25, 0.3) is 0 Å². The van der Waals surface area contributed by atoms with Crippen molar-refractivity contribution >= 4 is 5.78 Å². The van der Waals surface area contributed by atoms with E-state index >= 15 is 0 Å². The lowest BCUT2D eigenvalue weighted by Gasteiger charge is -2.16. The number of hydrogen-bond donors (Lipinski definition) is 0. The first-order valence-electron chi connectivity index (χ1n) is 5.71. The lowest BCUT2D eigenvalue weighted by molar-refractivity contribution is -0.120. The lowest BCUT2D eigenvalue weighted by Crippen LogP contribution is -2.12. The fourth-order valence-electron chi connectivity index (χ4n) is 1.87. The number of ether oxygens (including phenoxy) is 1. The molecule has 1 aliphatic rings. The Hall–Kier alpha value is -1.23. The summed E-state index contributed by atoms with van der Waals surface area (Å²) < 4.78 is 10.4. The fraction of sp³-hybridized carbons (Fsp3) is 0.727. The number of carbonyl (C=O) groups is 1. The summed E-state index contributed by atoms with van der Waals surface area (Å²) in [6, 6.07) is 0. The molecule has 1 saturated carbocycles. The first kappa shape index (κ1) is 11.3. The monoisotopic (exact) mass is 224 g/mol. The second kappa shape index (κ2) is 5.21. The number of Topliss-reactive ketones (excluding diaryl/α,β-unsaturated/α-hetero) is 1. The summed E-state index contributed by atoms with van der Waals surface area (Å²) in [4.78, 5) is 15.4. The van der Waals surface area contributed by atoms with Crippen molar-refractivity contribution in [2.75, 3.05) is 6.61 Å². The Morgan fingerprint density at radius 3 is 2.88 bits per heavy atom. The van der Waals surface area contributed by atoms with Gasteiger partial charge in [-0.25, -0.2) is 0 Å². The Morgan fingerprint density at radius 2 is 2.19 bits per heavy atom. The maximum atomic E-state index is 11.1. The summed E-state index contributed by atoms with van der Waals surface area (Å²) in [5.74, 6) is 1.84. The second-order valence-electron chi connectivity index (χ2n) is 4.00. The van der Waals surface area contributed by atoms with Crippen LogP contribution in [0.15, 0.2) is 4.52 Å². The molecule has 1 aliphatic carbocycles. The predicted molar refractivity (Wildman–Crippen MR) is 55.8 cm³/mol. The van der Waals surface area contributed by atoms with Crippen molar-refractivity contribution in [3.05, 3.63) is 11.7 Å². The molecule has 1 aromatic rings. The van der Waals surface area contributed by atoms with Crippen molar-refractivity contribution in [2.24, 2.45) is 0 Å². The average Bonchev–Trinajstić information content (AvgIpc) is 2.76. The van der Waals surface area contributed by atoms with Crippen molar-refractivity contribution in [1.29, 1.82) is 0 Å². The molecule has 5 nitrogen and oxygen atoms in total. The van der Waals surface area contributed by atoms with E-state index in [-0.39, 0.29) is 5.92 Å². The number of hydrogen-bond acceptors (Lipinski definition) is 5. The molecule has 16 heavy (non-hydrogen) atoms. The fourth-order valence-corrected chi connectivity index (χ4v) is 1.87. The molecule has 0 radical (unpaired) electrons. The molecule has 0 N–H and O–H groups in total. The van der Waals surface area contributed by atoms with Gasteiger partial charge in [-0.3, -0.25) is 4.79 Å². The van der Waals surface area contributed by atoms with E-state index < -0.39 is 0 Å². The Balaban J connectivity index is 1.93. The summed E-state index contributed by atoms with van der Waals surface area (Å²) in [6.07, 6.45) is 2.92. The van der Waals surface area contributed by atoms with E-state index in [1.54, 1.807) is 0 Å². The third-order valence-electron chi connectivity index (χ3n) is 2.81. The van der Waals surface area contributed by atoms with Gasteiger partial charge in [-0.2, -0.15) is 4.98 Å². The highest BCUT2D eigenvalue weighted by Gasteiger charge is 2.24. The summed E-state index contributed by atoms with van der Waals surface area (Å²) >= 11 is 0. The Bertz CT molecular complexity index is 352. The van der Waals surface area contributed by atoms with Crippen LogP contribution in [0, 0.1) is 0 Å². The zero-order chi connectivity index (χ0) is 11.4. The van der Waals surface area contributed by atoms with Gasteiger partial charge in [-0.15, -0.1) is 0 Å². The van der Waals surface area contributed by atoms with E-state index in [1.807, 2.05) is 6.92 Å². The first-order chi connectivity index (χ1) is 7.79. The Kier molecular flexibility index (Phi) is 3.66. The van der Waals surface area contributed by atoms with Crippen LogP contribution in [0.4, 0.5) is 0 Å². The molecule has 0 spiro atoms. The van der Waals surface area contributed by atoms with Gasteiger partial charge in [0.05, 0.1) is 0 Å². The predicted octanol–water partition coefficient (Wildman–Crippen LogP) is 1.83. The molecule has 1 heterocycles. The molecular weight excluding hydrogens is 208 g/mol. The van der Waals surface area contributed by atoms with Crippen molar-refractivity contribution < 1.29 is 14.1 Å². The molecule has 0 amide bonds. The van der Waals surface area contributed by atoms with E-state index in [1.165, 1.54) is 0 Å². The average molecular weight is 224 g/mol. The van der Waals surface area contributed by atoms with Crippen molar-refractivity contribution in [2.45, 2.75) is 45.1 Å². The third-order valence-corrected chi connectivity index (χ3v) is 2.81. The zero-order valence-electron chi connectivity index (χ0n) is 9.44. The third kappa shape index (κ3) is 2.66. The Morgan fingerprint density at radius 1 is 1.44 bits per heavy atom. The van der Waals surface area contributed by atoms with Gasteiger partial charge in [0.15, 0.2) is 5.82 Å². The number of ketones is 1. The van der Waals surface area contributed by atoms with Crippen LogP contribution in [0.5, 0.6) is 0 Å². The van der Waals surface area contributed by atoms with E-state index in [4.69, 9.17) is 9.26 Å². The minimum Gasteiger partial charge on any atom is -0.374 e. The molecule has 0 bridgehead atoms. The van der Waals surface area contributed by atoms with Crippen LogP contribution < -0.4 is 0 Å². The van der Waals surface area contributed by atoms with Gasteiger partial charge in [0.1, 0.15) is 12.4 Å². The van der Waals surface area contributed by atoms with Gasteiger partial charge in [0, 0.05) is 25.4 Å². The van der Waals surface area contributed by atoms with Crippen LogP contribution in [-0.4, -0.2) is 22.5 Å². The molecule has 1 aromatic heterocycles. The van der Waals surface area contributed by atoms with E-state index in [0.29, 0.717) is 43.6 Å². The maximum absolute atomic E-state index is 11.1. The van der Waals surface area contributed by atoms with E-state index in [9.17, 15) is 4.79 Å². The highest BCUT2D eigenvalue weighted by atomic mass is 16.5. The number of nitrogens with zero attached hydrogens (tertiary/aromatic N) is 2. The minimum atomic E-state index is 0.251. The molecule has 2 rings (SSSR count). The lowest BCUT2D eigenvalue weighted by atomic mass is 9.88. The number of aromatic nitrogens is 2. The van der Waals surface area contributed by atoms with Gasteiger partial charge in [-0.05, 0) is 19.8 Å². The molecule has 0 aliphatic heterocycles. The van der Waals surface area contributed by atoms with Crippen LogP contribution in [-0.2, 0) is 16.1 Å². The van der Waals surface area contributed by atoms with Crippen LogP contribution in [0.3, 0.4) is 0 Å². The van der Waals surface area contributed by atoms with Crippen molar-refractivity contribution in [3.63, 3.8) is 0 Å². The number of carbonyl (C=O) groups excluding carboxylic acids is 1. The number of rotatable bonds is 4. The van der Waals surface area contributed by atoms with Crippen molar-refractivity contribution in [3.8, 4) is 0 Å². The topological polar surface area (TPSA) is 65.2 Å². The second-order valence-corrected chi connectivity index (χ2v) is 4.00. The standard InChI is InChI=1S/C11H16N2O3/c1-2-15-7-10-12-11(16-13-10)8-3-5-9(14)6-4-8/h8H,2-7H2,1H3. The molecule has 0 saturated heterocycles. The molecule has 88 valence electrons. The summed E-state index contributed by atoms with van der Waals surface area (Å²) in [5.41, 5.74) is 0. The largest absolute Gasteiger partial charge is 0.374 e. The van der Waals surface area contributed by atoms with Crippen LogP contribution in [0.1, 0.15) is 50.2 Å². The summed E-state index contributed by atoms with van der Waals surface area (Å²) in [7, 11) is 0. The normalized spacial score (nSPS) is 17.9. The van der Waals surface area contributed by atoms with Crippen LogP contribution in [0.2, 0.25) is 0 Å².